The quantitative estimate of drug-likeness (QED) is 0.362. The molecule has 1 saturated heterocycles. The minimum absolute atomic E-state index is 0.201. The molecule has 0 aromatic heterocycles. The van der Waals surface area contributed by atoms with Crippen LogP contribution < -0.4 is 4.74 Å². The molecule has 5 nitrogen and oxygen atoms in total. The lowest BCUT2D eigenvalue weighted by molar-refractivity contribution is 0.104. The third-order valence-electron chi connectivity index (χ3n) is 5.41. The Morgan fingerprint density at radius 2 is 1.53 bits per heavy atom. The first-order chi connectivity index (χ1) is 15.5. The van der Waals surface area contributed by atoms with Gasteiger partial charge < -0.3 is 4.74 Å². The third kappa shape index (κ3) is 5.15. The van der Waals surface area contributed by atoms with Crippen LogP contribution in [-0.4, -0.2) is 31.6 Å². The van der Waals surface area contributed by atoms with Crippen LogP contribution in [0.4, 0.5) is 0 Å². The van der Waals surface area contributed by atoms with E-state index in [2.05, 4.69) is 0 Å². The first-order valence-electron chi connectivity index (χ1n) is 10.6. The fraction of sp³-hybridized carbons (Fsp3) is 0.192. The highest BCUT2D eigenvalue weighted by molar-refractivity contribution is 7.89. The number of ether oxygens (including phenoxy) is 1. The van der Waals surface area contributed by atoms with Gasteiger partial charge in [-0.2, -0.15) is 4.31 Å². The Labute approximate surface area is 189 Å². The summed E-state index contributed by atoms with van der Waals surface area (Å²) in [7, 11) is -3.48. The van der Waals surface area contributed by atoms with Gasteiger partial charge in [-0.3, -0.25) is 4.79 Å². The van der Waals surface area contributed by atoms with Crippen molar-refractivity contribution in [3.05, 3.63) is 102 Å². The molecule has 0 aliphatic carbocycles. The molecule has 1 fully saturated rings. The first-order valence-corrected chi connectivity index (χ1v) is 12.1. The molecule has 0 N–H and O–H groups in total. The van der Waals surface area contributed by atoms with Crippen molar-refractivity contribution in [2.24, 2.45) is 0 Å². The van der Waals surface area contributed by atoms with Crippen LogP contribution in [0.1, 0.15) is 34.3 Å². The fourth-order valence-corrected chi connectivity index (χ4v) is 5.13. The van der Waals surface area contributed by atoms with Gasteiger partial charge in [0.2, 0.25) is 10.0 Å². The van der Waals surface area contributed by atoms with E-state index in [1.165, 1.54) is 22.5 Å². The first kappa shape index (κ1) is 22.0. The standard InChI is InChI=1S/C26H25NO4S/c28-25(22-12-15-24(16-13-22)32(29,30)27-18-6-7-19-27)17-14-23-10-4-5-11-26(23)31-20-21-8-2-1-3-9-21/h1-5,8-17H,6-7,18-20H2. The largest absolute Gasteiger partial charge is 0.488 e. The van der Waals surface area contributed by atoms with Gasteiger partial charge in [0.15, 0.2) is 5.78 Å². The zero-order valence-corrected chi connectivity index (χ0v) is 18.5. The summed E-state index contributed by atoms with van der Waals surface area (Å²) in [5.41, 5.74) is 2.29. The number of benzene rings is 3. The van der Waals surface area contributed by atoms with E-state index >= 15 is 0 Å². The molecular formula is C26H25NO4S. The molecule has 6 heteroatoms. The van der Waals surface area contributed by atoms with E-state index in [1.807, 2.05) is 54.6 Å². The molecule has 164 valence electrons. The van der Waals surface area contributed by atoms with Crippen molar-refractivity contribution in [3.8, 4) is 5.75 Å². The highest BCUT2D eigenvalue weighted by atomic mass is 32.2. The molecule has 0 atom stereocenters. The molecule has 32 heavy (non-hydrogen) atoms. The number of allylic oxidation sites excluding steroid dienone is 1. The van der Waals surface area contributed by atoms with Crippen LogP contribution in [-0.2, 0) is 16.6 Å². The van der Waals surface area contributed by atoms with Crippen molar-refractivity contribution in [3.63, 3.8) is 0 Å². The Hall–Kier alpha value is -3.22. The summed E-state index contributed by atoms with van der Waals surface area (Å²) < 4.78 is 32.7. The van der Waals surface area contributed by atoms with E-state index in [0.717, 1.165) is 24.0 Å². The van der Waals surface area contributed by atoms with E-state index in [9.17, 15) is 13.2 Å². The maximum Gasteiger partial charge on any atom is 0.243 e. The summed E-state index contributed by atoms with van der Waals surface area (Å²) >= 11 is 0. The highest BCUT2D eigenvalue weighted by Crippen LogP contribution is 2.23. The molecule has 4 rings (SSSR count). The second-order valence-electron chi connectivity index (χ2n) is 7.65. The van der Waals surface area contributed by atoms with Gasteiger partial charge in [-0.1, -0.05) is 48.5 Å². The molecule has 0 amide bonds. The molecular weight excluding hydrogens is 422 g/mol. The molecule has 0 bridgehead atoms. The van der Waals surface area contributed by atoms with Crippen molar-refractivity contribution in [2.45, 2.75) is 24.3 Å². The second kappa shape index (κ2) is 9.94. The second-order valence-corrected chi connectivity index (χ2v) is 9.58. The molecule has 3 aromatic rings. The number of rotatable bonds is 8. The van der Waals surface area contributed by atoms with Gasteiger partial charge in [-0.05, 0) is 60.9 Å². The molecule has 1 heterocycles. The predicted molar refractivity (Wildman–Crippen MR) is 125 cm³/mol. The molecule has 0 radical (unpaired) electrons. The monoisotopic (exact) mass is 447 g/mol. The van der Waals surface area contributed by atoms with E-state index in [4.69, 9.17) is 4.74 Å². The average Bonchev–Trinajstić information content (AvgIpc) is 3.38. The summed E-state index contributed by atoms with van der Waals surface area (Å²) in [5, 5.41) is 0. The van der Waals surface area contributed by atoms with E-state index in [0.29, 0.717) is 31.0 Å². The molecule has 1 aliphatic heterocycles. The normalized spacial score (nSPS) is 14.6. The minimum Gasteiger partial charge on any atom is -0.488 e. The van der Waals surface area contributed by atoms with Crippen LogP contribution in [0.3, 0.4) is 0 Å². The Morgan fingerprint density at radius 1 is 0.875 bits per heavy atom. The van der Waals surface area contributed by atoms with Crippen molar-refractivity contribution in [2.75, 3.05) is 13.1 Å². The lowest BCUT2D eigenvalue weighted by atomic mass is 10.1. The fourth-order valence-electron chi connectivity index (χ4n) is 3.62. The molecule has 0 unspecified atom stereocenters. The highest BCUT2D eigenvalue weighted by Gasteiger charge is 2.27. The van der Waals surface area contributed by atoms with Gasteiger partial charge in [0, 0.05) is 24.2 Å². The Kier molecular flexibility index (Phi) is 6.83. The summed E-state index contributed by atoms with van der Waals surface area (Å²) in [6, 6.07) is 23.5. The van der Waals surface area contributed by atoms with Crippen molar-refractivity contribution in [1.29, 1.82) is 0 Å². The van der Waals surface area contributed by atoms with Crippen molar-refractivity contribution < 1.29 is 17.9 Å². The predicted octanol–water partition coefficient (Wildman–Crippen LogP) is 4.95. The van der Waals surface area contributed by atoms with Gasteiger partial charge in [0.1, 0.15) is 12.4 Å². The maximum absolute atomic E-state index is 12.6. The molecule has 0 spiro atoms. The molecule has 0 saturated carbocycles. The lowest BCUT2D eigenvalue weighted by Gasteiger charge is -2.15. The van der Waals surface area contributed by atoms with Crippen LogP contribution >= 0.6 is 0 Å². The summed E-state index contributed by atoms with van der Waals surface area (Å²) in [5.74, 6) is 0.487. The number of nitrogens with zero attached hydrogens (tertiary/aromatic N) is 1. The molecule has 1 aliphatic rings. The summed E-state index contributed by atoms with van der Waals surface area (Å²) in [6.07, 6.45) is 4.97. The van der Waals surface area contributed by atoms with Crippen LogP contribution in [0.25, 0.3) is 6.08 Å². The average molecular weight is 448 g/mol. The number of carbonyl (C=O) groups excluding carboxylic acids is 1. The van der Waals surface area contributed by atoms with Gasteiger partial charge in [-0.15, -0.1) is 0 Å². The van der Waals surface area contributed by atoms with Gasteiger partial charge in [0.25, 0.3) is 0 Å². The zero-order valence-electron chi connectivity index (χ0n) is 17.7. The van der Waals surface area contributed by atoms with E-state index < -0.39 is 10.0 Å². The third-order valence-corrected chi connectivity index (χ3v) is 7.32. The van der Waals surface area contributed by atoms with Crippen LogP contribution in [0.5, 0.6) is 5.75 Å². The smallest absolute Gasteiger partial charge is 0.243 e. The Morgan fingerprint density at radius 3 is 2.25 bits per heavy atom. The number of hydrogen-bond donors (Lipinski definition) is 0. The van der Waals surface area contributed by atoms with Crippen LogP contribution in [0.2, 0.25) is 0 Å². The number of carbonyl (C=O) groups is 1. The topological polar surface area (TPSA) is 63.7 Å². The van der Waals surface area contributed by atoms with Crippen LogP contribution in [0, 0.1) is 0 Å². The number of hydrogen-bond acceptors (Lipinski definition) is 4. The van der Waals surface area contributed by atoms with Gasteiger partial charge in [0.05, 0.1) is 4.90 Å². The van der Waals surface area contributed by atoms with Gasteiger partial charge in [-0.25, -0.2) is 8.42 Å². The SMILES string of the molecule is O=C(C=Cc1ccccc1OCc1ccccc1)c1ccc(S(=O)(=O)N2CCCC2)cc1. The van der Waals surface area contributed by atoms with E-state index in [-0.39, 0.29) is 10.7 Å². The summed E-state index contributed by atoms with van der Waals surface area (Å²) in [6.45, 7) is 1.54. The zero-order chi connectivity index (χ0) is 22.4. The minimum atomic E-state index is -3.48. The summed E-state index contributed by atoms with van der Waals surface area (Å²) in [4.78, 5) is 12.9. The van der Waals surface area contributed by atoms with Crippen LogP contribution in [0.15, 0.2) is 89.8 Å². The van der Waals surface area contributed by atoms with Crippen molar-refractivity contribution >= 4 is 21.9 Å². The molecule has 3 aromatic carbocycles. The number of para-hydroxylation sites is 1. The lowest BCUT2D eigenvalue weighted by Crippen LogP contribution is -2.27. The number of sulfonamides is 1. The maximum atomic E-state index is 12.6. The number of ketones is 1. The van der Waals surface area contributed by atoms with Gasteiger partial charge >= 0.3 is 0 Å². The Balaban J connectivity index is 1.44. The van der Waals surface area contributed by atoms with Crippen molar-refractivity contribution in [1.82, 2.24) is 4.31 Å². The van der Waals surface area contributed by atoms with E-state index in [1.54, 1.807) is 18.2 Å². The Bertz CT molecular complexity index is 1200.